The van der Waals surface area contributed by atoms with Crippen LogP contribution in [0.5, 0.6) is 0 Å². The summed E-state index contributed by atoms with van der Waals surface area (Å²) in [4.78, 5) is 6.98. The van der Waals surface area contributed by atoms with Crippen molar-refractivity contribution in [3.63, 3.8) is 0 Å². The molecule has 18 heavy (non-hydrogen) atoms. The van der Waals surface area contributed by atoms with Gasteiger partial charge in [-0.2, -0.15) is 0 Å². The third-order valence-electron chi connectivity index (χ3n) is 3.54. The van der Waals surface area contributed by atoms with Crippen LogP contribution in [0, 0.1) is 5.92 Å². The van der Waals surface area contributed by atoms with E-state index in [1.54, 1.807) is 0 Å². The van der Waals surface area contributed by atoms with Gasteiger partial charge in [0.2, 0.25) is 0 Å². The Kier molecular flexibility index (Phi) is 7.08. The predicted molar refractivity (Wildman–Crippen MR) is 83.5 cm³/mol. The number of aliphatic imine (C=N–C) groups is 1. The molecule has 1 aliphatic heterocycles. The van der Waals surface area contributed by atoms with E-state index in [1.165, 1.54) is 12.8 Å². The molecule has 0 amide bonds. The molecule has 0 saturated carbocycles. The van der Waals surface area contributed by atoms with Crippen molar-refractivity contribution >= 4 is 16.9 Å². The van der Waals surface area contributed by atoms with Crippen LogP contribution in [0.15, 0.2) is 4.99 Å². The number of amidine groups is 1. The third-order valence-corrected chi connectivity index (χ3v) is 4.71. The number of nitrogens with one attached hydrogen (secondary N) is 1. The lowest BCUT2D eigenvalue weighted by molar-refractivity contribution is 0.256. The molecule has 106 valence electrons. The van der Waals surface area contributed by atoms with Crippen LogP contribution >= 0.6 is 11.8 Å². The van der Waals surface area contributed by atoms with E-state index in [9.17, 15) is 0 Å². The van der Waals surface area contributed by atoms with Gasteiger partial charge < -0.3 is 10.2 Å². The molecule has 1 rings (SSSR count). The van der Waals surface area contributed by atoms with E-state index >= 15 is 0 Å². The van der Waals surface area contributed by atoms with Crippen molar-refractivity contribution in [2.24, 2.45) is 10.9 Å². The van der Waals surface area contributed by atoms with Crippen LogP contribution in [-0.2, 0) is 0 Å². The van der Waals surface area contributed by atoms with Gasteiger partial charge in [0.15, 0.2) is 5.17 Å². The molecule has 1 heterocycles. The number of hydrogen-bond acceptors (Lipinski definition) is 4. The van der Waals surface area contributed by atoms with Crippen molar-refractivity contribution in [1.82, 2.24) is 10.2 Å². The van der Waals surface area contributed by atoms with Gasteiger partial charge in [-0.05, 0) is 32.7 Å². The molecule has 0 aliphatic carbocycles. The first-order valence-electron chi connectivity index (χ1n) is 7.18. The fourth-order valence-corrected chi connectivity index (χ4v) is 3.31. The van der Waals surface area contributed by atoms with E-state index in [1.807, 2.05) is 11.8 Å². The molecule has 0 bridgehead atoms. The summed E-state index contributed by atoms with van der Waals surface area (Å²) in [6.45, 7) is 12.2. The smallest absolute Gasteiger partial charge is 0.156 e. The molecular formula is C14H29N3S. The Morgan fingerprint density at radius 2 is 2.17 bits per heavy atom. The van der Waals surface area contributed by atoms with Gasteiger partial charge in [-0.1, -0.05) is 32.5 Å². The Morgan fingerprint density at radius 1 is 1.44 bits per heavy atom. The van der Waals surface area contributed by atoms with Crippen LogP contribution in [-0.4, -0.2) is 48.0 Å². The highest BCUT2D eigenvalue weighted by Crippen LogP contribution is 2.25. The Balaban J connectivity index is 2.14. The first-order chi connectivity index (χ1) is 8.52. The third kappa shape index (κ3) is 5.61. The van der Waals surface area contributed by atoms with Gasteiger partial charge in [-0.15, -0.1) is 0 Å². The second-order valence-corrected chi connectivity index (χ2v) is 6.97. The molecule has 0 fully saturated rings. The van der Waals surface area contributed by atoms with Crippen molar-refractivity contribution in [1.29, 1.82) is 0 Å². The molecule has 0 radical (unpaired) electrons. The molecule has 1 N–H and O–H groups in total. The Hall–Kier alpha value is -0.220. The maximum Gasteiger partial charge on any atom is 0.156 e. The second kappa shape index (κ2) is 8.05. The fraction of sp³-hybridized carbons (Fsp3) is 0.929. The standard InChI is InChI=1S/C14H29N3S/c1-6-12(4)17(5)8-7-15-14-16-10-13(18-14)9-11(2)3/h11-13H,6-10H2,1-5H3,(H,15,16). The van der Waals surface area contributed by atoms with Gasteiger partial charge in [-0.25, -0.2) is 0 Å². The monoisotopic (exact) mass is 271 g/mol. The summed E-state index contributed by atoms with van der Waals surface area (Å²) in [5, 5.41) is 5.31. The second-order valence-electron chi connectivity index (χ2n) is 5.68. The van der Waals surface area contributed by atoms with Gasteiger partial charge in [0, 0.05) is 24.4 Å². The highest BCUT2D eigenvalue weighted by atomic mass is 32.2. The SMILES string of the molecule is CCC(C)N(C)CCNC1=NCC(CC(C)C)S1. The largest absolute Gasteiger partial charge is 0.364 e. The van der Waals surface area contributed by atoms with Crippen LogP contribution in [0.1, 0.15) is 40.5 Å². The Bertz CT molecular complexity index is 266. The minimum atomic E-state index is 0.665. The van der Waals surface area contributed by atoms with E-state index in [-0.39, 0.29) is 0 Å². The van der Waals surface area contributed by atoms with E-state index in [4.69, 9.17) is 0 Å². The fourth-order valence-electron chi connectivity index (χ4n) is 2.03. The number of likely N-dealkylation sites (N-methyl/N-ethyl adjacent to an activating group) is 1. The van der Waals surface area contributed by atoms with Crippen molar-refractivity contribution in [3.8, 4) is 0 Å². The summed E-state index contributed by atoms with van der Waals surface area (Å²) < 4.78 is 0. The molecule has 0 aromatic heterocycles. The number of thioether (sulfide) groups is 1. The normalized spacial score (nSPS) is 21.5. The van der Waals surface area contributed by atoms with E-state index in [0.29, 0.717) is 11.3 Å². The van der Waals surface area contributed by atoms with Crippen LogP contribution in [0.4, 0.5) is 0 Å². The van der Waals surface area contributed by atoms with Crippen LogP contribution in [0.3, 0.4) is 0 Å². The summed E-state index contributed by atoms with van der Waals surface area (Å²) >= 11 is 1.93. The molecule has 0 aromatic carbocycles. The van der Waals surface area contributed by atoms with Crippen molar-refractivity contribution < 1.29 is 0 Å². The first-order valence-corrected chi connectivity index (χ1v) is 8.06. The average molecular weight is 271 g/mol. The predicted octanol–water partition coefficient (Wildman–Crippen LogP) is 2.82. The van der Waals surface area contributed by atoms with Crippen LogP contribution in [0.2, 0.25) is 0 Å². The minimum Gasteiger partial charge on any atom is -0.364 e. The average Bonchev–Trinajstić information content (AvgIpc) is 2.74. The van der Waals surface area contributed by atoms with Crippen LogP contribution in [0.25, 0.3) is 0 Å². The van der Waals surface area contributed by atoms with E-state index < -0.39 is 0 Å². The molecule has 0 aromatic rings. The maximum absolute atomic E-state index is 4.58. The summed E-state index contributed by atoms with van der Waals surface area (Å²) in [6.07, 6.45) is 2.48. The summed E-state index contributed by atoms with van der Waals surface area (Å²) in [5.74, 6) is 0.772. The van der Waals surface area contributed by atoms with Crippen molar-refractivity contribution in [3.05, 3.63) is 0 Å². The first kappa shape index (κ1) is 15.8. The van der Waals surface area contributed by atoms with Gasteiger partial charge in [0.05, 0.1) is 6.54 Å². The minimum absolute atomic E-state index is 0.665. The quantitative estimate of drug-likeness (QED) is 0.771. The lowest BCUT2D eigenvalue weighted by Gasteiger charge is -2.23. The van der Waals surface area contributed by atoms with E-state index in [0.717, 1.165) is 30.7 Å². The molecule has 4 heteroatoms. The maximum atomic E-state index is 4.58. The lowest BCUT2D eigenvalue weighted by atomic mass is 10.1. The molecule has 0 spiro atoms. The highest BCUT2D eigenvalue weighted by Gasteiger charge is 2.20. The zero-order valence-corrected chi connectivity index (χ0v) is 13.4. The highest BCUT2D eigenvalue weighted by molar-refractivity contribution is 8.14. The molecule has 3 nitrogen and oxygen atoms in total. The zero-order chi connectivity index (χ0) is 13.5. The molecule has 2 atom stereocenters. The Morgan fingerprint density at radius 3 is 2.78 bits per heavy atom. The number of rotatable bonds is 7. The van der Waals surface area contributed by atoms with Gasteiger partial charge >= 0.3 is 0 Å². The zero-order valence-electron chi connectivity index (χ0n) is 12.6. The summed E-state index contributed by atoms with van der Waals surface area (Å²) in [6, 6.07) is 0.665. The number of hydrogen-bond donors (Lipinski definition) is 1. The number of nitrogens with zero attached hydrogens (tertiary/aromatic N) is 2. The van der Waals surface area contributed by atoms with Gasteiger partial charge in [0.1, 0.15) is 0 Å². The molecular weight excluding hydrogens is 242 g/mol. The topological polar surface area (TPSA) is 27.6 Å². The molecule has 1 aliphatic rings. The summed E-state index contributed by atoms with van der Waals surface area (Å²) in [7, 11) is 2.20. The van der Waals surface area contributed by atoms with Crippen molar-refractivity contribution in [2.75, 3.05) is 26.7 Å². The summed E-state index contributed by atoms with van der Waals surface area (Å²) in [5.41, 5.74) is 0. The van der Waals surface area contributed by atoms with Crippen molar-refractivity contribution in [2.45, 2.75) is 51.8 Å². The molecule has 2 unspecified atom stereocenters. The Labute approximate surface area is 117 Å². The van der Waals surface area contributed by atoms with Gasteiger partial charge in [-0.3, -0.25) is 4.99 Å². The molecule has 0 saturated heterocycles. The lowest BCUT2D eigenvalue weighted by Crippen LogP contribution is -2.36. The van der Waals surface area contributed by atoms with Gasteiger partial charge in [0.25, 0.3) is 0 Å². The van der Waals surface area contributed by atoms with Crippen LogP contribution < -0.4 is 5.32 Å². The van der Waals surface area contributed by atoms with E-state index in [2.05, 4.69) is 50.0 Å².